The molecule has 0 saturated carbocycles. The fourth-order valence-electron chi connectivity index (χ4n) is 1.53. The molecule has 0 saturated heterocycles. The Morgan fingerprint density at radius 1 is 1.25 bits per heavy atom. The molecule has 1 aromatic carbocycles. The zero-order chi connectivity index (χ0) is 12.2. The third-order valence-corrected chi connectivity index (χ3v) is 4.32. The Morgan fingerprint density at radius 2 is 1.88 bits per heavy atom. The molecule has 90 valence electrons. The summed E-state index contributed by atoms with van der Waals surface area (Å²) in [5.41, 5.74) is 0.716. The second-order valence-electron chi connectivity index (χ2n) is 4.05. The van der Waals surface area contributed by atoms with Crippen LogP contribution in [-0.4, -0.2) is 11.8 Å². The van der Waals surface area contributed by atoms with Crippen LogP contribution in [0.5, 0.6) is 0 Å². The lowest BCUT2D eigenvalue weighted by Gasteiger charge is -2.28. The standard InChI is InChI=1S/C12H14Cl3F/c1-2-12(7-13,8-14)6-9-3-4-10(15)11(16)5-9/h3-5H,2,6-8H2,1H3. The van der Waals surface area contributed by atoms with Crippen LogP contribution in [0.15, 0.2) is 18.2 Å². The highest BCUT2D eigenvalue weighted by atomic mass is 35.5. The maximum absolute atomic E-state index is 13.3. The van der Waals surface area contributed by atoms with Gasteiger partial charge in [0.15, 0.2) is 0 Å². The second kappa shape index (κ2) is 6.09. The largest absolute Gasteiger partial charge is 0.205 e. The van der Waals surface area contributed by atoms with Gasteiger partial charge < -0.3 is 0 Å². The van der Waals surface area contributed by atoms with Crippen LogP contribution in [0, 0.1) is 11.2 Å². The van der Waals surface area contributed by atoms with E-state index in [0.29, 0.717) is 18.2 Å². The van der Waals surface area contributed by atoms with E-state index in [1.807, 2.05) is 13.0 Å². The van der Waals surface area contributed by atoms with Gasteiger partial charge in [-0.05, 0) is 30.5 Å². The Labute approximate surface area is 111 Å². The van der Waals surface area contributed by atoms with Crippen LogP contribution >= 0.6 is 34.8 Å². The maximum atomic E-state index is 13.3. The molecule has 0 heterocycles. The van der Waals surface area contributed by atoms with Crippen molar-refractivity contribution in [1.82, 2.24) is 0 Å². The molecule has 0 aliphatic carbocycles. The number of halogens is 4. The first-order valence-electron chi connectivity index (χ1n) is 5.13. The zero-order valence-electron chi connectivity index (χ0n) is 9.07. The third-order valence-electron chi connectivity index (χ3n) is 2.88. The Morgan fingerprint density at radius 3 is 2.31 bits per heavy atom. The topological polar surface area (TPSA) is 0 Å². The first kappa shape index (κ1) is 14.1. The van der Waals surface area contributed by atoms with E-state index in [1.54, 1.807) is 6.07 Å². The molecular formula is C12H14Cl3F. The molecule has 0 spiro atoms. The van der Waals surface area contributed by atoms with E-state index in [2.05, 4.69) is 0 Å². The van der Waals surface area contributed by atoms with Gasteiger partial charge in [0.1, 0.15) is 5.82 Å². The van der Waals surface area contributed by atoms with Gasteiger partial charge in [0.05, 0.1) is 5.02 Å². The molecule has 0 amide bonds. The smallest absolute Gasteiger partial charge is 0.142 e. The number of rotatable bonds is 5. The van der Waals surface area contributed by atoms with E-state index >= 15 is 0 Å². The molecular weight excluding hydrogens is 269 g/mol. The van der Waals surface area contributed by atoms with E-state index in [4.69, 9.17) is 34.8 Å². The van der Waals surface area contributed by atoms with E-state index < -0.39 is 5.82 Å². The quantitative estimate of drug-likeness (QED) is 0.675. The van der Waals surface area contributed by atoms with Crippen molar-refractivity contribution >= 4 is 34.8 Å². The lowest BCUT2D eigenvalue weighted by atomic mass is 9.83. The van der Waals surface area contributed by atoms with Gasteiger partial charge in [0.2, 0.25) is 0 Å². The van der Waals surface area contributed by atoms with Gasteiger partial charge in [-0.15, -0.1) is 23.2 Å². The first-order chi connectivity index (χ1) is 7.56. The Balaban J connectivity index is 2.89. The Kier molecular flexibility index (Phi) is 5.36. The van der Waals surface area contributed by atoms with Crippen molar-refractivity contribution in [1.29, 1.82) is 0 Å². The van der Waals surface area contributed by atoms with Gasteiger partial charge in [-0.3, -0.25) is 0 Å². The highest BCUT2D eigenvalue weighted by Gasteiger charge is 2.26. The molecule has 16 heavy (non-hydrogen) atoms. The van der Waals surface area contributed by atoms with Gasteiger partial charge in [0.25, 0.3) is 0 Å². The van der Waals surface area contributed by atoms with Crippen LogP contribution in [-0.2, 0) is 6.42 Å². The third kappa shape index (κ3) is 3.26. The zero-order valence-corrected chi connectivity index (χ0v) is 11.3. The number of hydrogen-bond donors (Lipinski definition) is 0. The van der Waals surface area contributed by atoms with Crippen molar-refractivity contribution in [3.8, 4) is 0 Å². The van der Waals surface area contributed by atoms with Crippen molar-refractivity contribution < 1.29 is 4.39 Å². The second-order valence-corrected chi connectivity index (χ2v) is 4.99. The maximum Gasteiger partial charge on any atom is 0.142 e. The van der Waals surface area contributed by atoms with E-state index in [9.17, 15) is 4.39 Å². The molecule has 0 atom stereocenters. The molecule has 0 nitrogen and oxygen atoms in total. The molecule has 4 heteroatoms. The van der Waals surface area contributed by atoms with Crippen LogP contribution in [0.25, 0.3) is 0 Å². The van der Waals surface area contributed by atoms with E-state index in [0.717, 1.165) is 12.0 Å². The minimum absolute atomic E-state index is 0.141. The first-order valence-corrected chi connectivity index (χ1v) is 6.57. The van der Waals surface area contributed by atoms with E-state index in [-0.39, 0.29) is 10.4 Å². The van der Waals surface area contributed by atoms with Crippen molar-refractivity contribution in [3.05, 3.63) is 34.6 Å². The summed E-state index contributed by atoms with van der Waals surface area (Å²) in [6.45, 7) is 2.04. The SMILES string of the molecule is CCC(CCl)(CCl)Cc1ccc(Cl)c(F)c1. The molecule has 0 bridgehead atoms. The molecule has 0 fully saturated rings. The normalized spacial score (nSPS) is 11.8. The molecule has 0 aromatic heterocycles. The van der Waals surface area contributed by atoms with Crippen molar-refractivity contribution in [3.63, 3.8) is 0 Å². The monoisotopic (exact) mass is 282 g/mol. The minimum Gasteiger partial charge on any atom is -0.205 e. The van der Waals surface area contributed by atoms with Gasteiger partial charge in [0, 0.05) is 17.2 Å². The van der Waals surface area contributed by atoms with Gasteiger partial charge in [-0.2, -0.15) is 0 Å². The predicted octanol–water partition coefficient (Wildman–Crippen LogP) is 4.90. The Bertz CT molecular complexity index is 340. The fourth-order valence-corrected chi connectivity index (χ4v) is 2.50. The lowest BCUT2D eigenvalue weighted by molar-refractivity contribution is 0.361. The average molecular weight is 284 g/mol. The van der Waals surface area contributed by atoms with Crippen LogP contribution in [0.4, 0.5) is 4.39 Å². The van der Waals surface area contributed by atoms with Crippen molar-refractivity contribution in [2.75, 3.05) is 11.8 Å². The number of hydrogen-bond acceptors (Lipinski definition) is 0. The molecule has 0 N–H and O–H groups in total. The summed E-state index contributed by atoms with van der Waals surface area (Å²) in [5.74, 6) is 0.544. The molecule has 1 aromatic rings. The van der Waals surface area contributed by atoms with Crippen LogP contribution < -0.4 is 0 Å². The number of alkyl halides is 2. The summed E-state index contributed by atoms with van der Waals surface area (Å²) >= 11 is 17.5. The molecule has 1 rings (SSSR count). The highest BCUT2D eigenvalue weighted by Crippen LogP contribution is 2.31. The van der Waals surface area contributed by atoms with Crippen molar-refractivity contribution in [2.45, 2.75) is 19.8 Å². The summed E-state index contributed by atoms with van der Waals surface area (Å²) in [6, 6.07) is 4.83. The summed E-state index contributed by atoms with van der Waals surface area (Å²) in [5, 5.41) is 0.141. The van der Waals surface area contributed by atoms with Crippen LogP contribution in [0.1, 0.15) is 18.9 Å². The molecule has 0 radical (unpaired) electrons. The van der Waals surface area contributed by atoms with Gasteiger partial charge >= 0.3 is 0 Å². The minimum atomic E-state index is -0.395. The van der Waals surface area contributed by atoms with Crippen LogP contribution in [0.3, 0.4) is 0 Å². The fraction of sp³-hybridized carbons (Fsp3) is 0.500. The van der Waals surface area contributed by atoms with E-state index in [1.165, 1.54) is 6.07 Å². The summed E-state index contributed by atoms with van der Waals surface area (Å²) in [4.78, 5) is 0. The summed E-state index contributed by atoms with van der Waals surface area (Å²) in [6.07, 6.45) is 1.54. The summed E-state index contributed by atoms with van der Waals surface area (Å²) < 4.78 is 13.3. The number of benzene rings is 1. The average Bonchev–Trinajstić information content (AvgIpc) is 2.31. The molecule has 0 unspecified atom stereocenters. The van der Waals surface area contributed by atoms with Gasteiger partial charge in [-0.25, -0.2) is 4.39 Å². The summed E-state index contributed by atoms with van der Waals surface area (Å²) in [7, 11) is 0. The lowest BCUT2D eigenvalue weighted by Crippen LogP contribution is -2.27. The van der Waals surface area contributed by atoms with Crippen LogP contribution in [0.2, 0.25) is 5.02 Å². The Hall–Kier alpha value is 0.0200. The molecule has 0 aliphatic heterocycles. The van der Waals surface area contributed by atoms with Crippen molar-refractivity contribution in [2.24, 2.45) is 5.41 Å². The highest BCUT2D eigenvalue weighted by molar-refractivity contribution is 6.30. The van der Waals surface area contributed by atoms with Gasteiger partial charge in [-0.1, -0.05) is 24.6 Å². The molecule has 0 aliphatic rings. The predicted molar refractivity (Wildman–Crippen MR) is 69.3 cm³/mol.